The van der Waals surface area contributed by atoms with Crippen LogP contribution in [0.15, 0.2) is 40.2 Å². The van der Waals surface area contributed by atoms with Crippen LogP contribution in [-0.2, 0) is 4.79 Å². The number of likely N-dealkylation sites (tertiary alicyclic amines) is 1. The van der Waals surface area contributed by atoms with Crippen molar-refractivity contribution < 1.29 is 4.79 Å². The Morgan fingerprint density at radius 1 is 1.37 bits per heavy atom. The lowest BCUT2D eigenvalue weighted by atomic mass is 9.97. The van der Waals surface area contributed by atoms with E-state index in [1.165, 1.54) is 4.90 Å². The first-order valence-electron chi connectivity index (χ1n) is 9.76. The quantitative estimate of drug-likeness (QED) is 0.259. The van der Waals surface area contributed by atoms with Gasteiger partial charge in [-0.15, -0.1) is 11.8 Å². The maximum atomic E-state index is 11.4. The lowest BCUT2D eigenvalue weighted by Crippen LogP contribution is -2.43. The molecule has 0 saturated carbocycles. The Kier molecular flexibility index (Phi) is 9.48. The molecule has 2 unspecified atom stereocenters. The Morgan fingerprint density at radius 2 is 2.15 bits per heavy atom. The summed E-state index contributed by atoms with van der Waals surface area (Å²) in [5.74, 6) is 0.693. The predicted molar refractivity (Wildman–Crippen MR) is 114 cm³/mol. The topological polar surface area (TPSA) is 82.8 Å². The lowest BCUT2D eigenvalue weighted by Gasteiger charge is -2.31. The van der Waals surface area contributed by atoms with Crippen molar-refractivity contribution in [3.8, 4) is 0 Å². The summed E-state index contributed by atoms with van der Waals surface area (Å²) < 4.78 is 0. The maximum absolute atomic E-state index is 11.4. The number of thioether (sulfide) groups is 1. The molecule has 2 rings (SSSR count). The van der Waals surface area contributed by atoms with Crippen LogP contribution < -0.4 is 16.4 Å². The van der Waals surface area contributed by atoms with E-state index < -0.39 is 0 Å². The highest BCUT2D eigenvalue weighted by Gasteiger charge is 2.23. The van der Waals surface area contributed by atoms with Gasteiger partial charge in [0.05, 0.1) is 5.92 Å². The number of nitrogens with zero attached hydrogens (tertiary/aromatic N) is 2. The molecule has 1 aromatic carbocycles. The minimum absolute atomic E-state index is 0.0183. The number of hydrogen-bond acceptors (Lipinski definition) is 4. The van der Waals surface area contributed by atoms with E-state index in [4.69, 9.17) is 5.73 Å². The monoisotopic (exact) mass is 391 g/mol. The van der Waals surface area contributed by atoms with Crippen LogP contribution in [0.2, 0.25) is 0 Å². The van der Waals surface area contributed by atoms with Crippen LogP contribution in [0.1, 0.15) is 26.2 Å². The Labute approximate surface area is 167 Å². The second kappa shape index (κ2) is 11.9. The number of nitrogens with one attached hydrogen (secondary N) is 2. The Morgan fingerprint density at radius 3 is 2.85 bits per heavy atom. The minimum Gasteiger partial charge on any atom is -0.369 e. The summed E-state index contributed by atoms with van der Waals surface area (Å²) in [6, 6.07) is 10.4. The first kappa shape index (κ1) is 21.6. The molecule has 1 aliphatic rings. The maximum Gasteiger partial charge on any atom is 0.221 e. The zero-order valence-electron chi connectivity index (χ0n) is 16.5. The van der Waals surface area contributed by atoms with Crippen LogP contribution >= 0.6 is 11.8 Å². The third-order valence-electron chi connectivity index (χ3n) is 4.71. The van der Waals surface area contributed by atoms with Crippen LogP contribution in [0.25, 0.3) is 0 Å². The van der Waals surface area contributed by atoms with E-state index in [1.54, 1.807) is 7.05 Å². The molecular weight excluding hydrogens is 358 g/mol. The summed E-state index contributed by atoms with van der Waals surface area (Å²) in [7, 11) is 1.80. The molecule has 2 atom stereocenters. The highest BCUT2D eigenvalue weighted by molar-refractivity contribution is 8.00. The molecule has 4 N–H and O–H groups in total. The van der Waals surface area contributed by atoms with Crippen LogP contribution in [0.3, 0.4) is 0 Å². The summed E-state index contributed by atoms with van der Waals surface area (Å²) in [4.78, 5) is 19.3. The SMILES string of the molecule is CN=C(NCCCN1CCCC(C(N)=O)C1)NCC(C)Sc1ccccc1. The molecule has 150 valence electrons. The molecule has 7 heteroatoms. The normalized spacial score (nSPS) is 19.5. The van der Waals surface area contributed by atoms with Gasteiger partial charge in [0.2, 0.25) is 5.91 Å². The summed E-state index contributed by atoms with van der Waals surface area (Å²) in [5.41, 5.74) is 5.44. The van der Waals surface area contributed by atoms with Gasteiger partial charge in [-0.1, -0.05) is 25.1 Å². The van der Waals surface area contributed by atoms with E-state index in [2.05, 4.69) is 51.7 Å². The first-order chi connectivity index (χ1) is 13.1. The van der Waals surface area contributed by atoms with Gasteiger partial charge in [-0.3, -0.25) is 9.79 Å². The van der Waals surface area contributed by atoms with E-state index in [-0.39, 0.29) is 11.8 Å². The number of nitrogens with two attached hydrogens (primary N) is 1. The van der Waals surface area contributed by atoms with Gasteiger partial charge in [0.15, 0.2) is 5.96 Å². The van der Waals surface area contributed by atoms with Crippen LogP contribution in [0, 0.1) is 5.92 Å². The van der Waals surface area contributed by atoms with E-state index in [1.807, 2.05) is 17.8 Å². The van der Waals surface area contributed by atoms with Crippen LogP contribution in [0.4, 0.5) is 0 Å². The van der Waals surface area contributed by atoms with Crippen molar-refractivity contribution in [2.24, 2.45) is 16.6 Å². The molecule has 1 saturated heterocycles. The standard InChI is InChI=1S/C20H33N5OS/c1-16(27-18-9-4-3-5-10-18)14-24-20(22-2)23-11-7-13-25-12-6-8-17(15-25)19(21)26/h3-5,9-10,16-17H,6-8,11-15H2,1-2H3,(H2,21,26)(H2,22,23,24). The van der Waals surface area contributed by atoms with Crippen LogP contribution in [0.5, 0.6) is 0 Å². The van der Waals surface area contributed by atoms with Gasteiger partial charge >= 0.3 is 0 Å². The number of carbonyl (C=O) groups is 1. The molecule has 1 aromatic rings. The van der Waals surface area contributed by atoms with Gasteiger partial charge in [0, 0.05) is 36.8 Å². The van der Waals surface area contributed by atoms with Crippen LogP contribution in [-0.4, -0.2) is 61.8 Å². The third-order valence-corrected chi connectivity index (χ3v) is 5.83. The van der Waals surface area contributed by atoms with E-state index in [9.17, 15) is 4.79 Å². The fraction of sp³-hybridized carbons (Fsp3) is 0.600. The minimum atomic E-state index is -0.162. The van der Waals surface area contributed by atoms with Gasteiger partial charge in [-0.2, -0.15) is 0 Å². The molecule has 27 heavy (non-hydrogen) atoms. The van der Waals surface area contributed by atoms with Gasteiger partial charge in [-0.05, 0) is 44.5 Å². The van der Waals surface area contributed by atoms with Crippen molar-refractivity contribution in [2.75, 3.05) is 39.8 Å². The highest BCUT2D eigenvalue weighted by atomic mass is 32.2. The number of hydrogen-bond donors (Lipinski definition) is 3. The number of guanidine groups is 1. The molecule has 0 bridgehead atoms. The van der Waals surface area contributed by atoms with Crippen molar-refractivity contribution in [2.45, 2.75) is 36.3 Å². The molecule has 0 radical (unpaired) electrons. The van der Waals surface area contributed by atoms with Gasteiger partial charge in [0.1, 0.15) is 0 Å². The average Bonchev–Trinajstić information content (AvgIpc) is 2.68. The summed E-state index contributed by atoms with van der Waals surface area (Å²) in [5, 5.41) is 7.22. The number of piperidine rings is 1. The molecule has 1 aliphatic heterocycles. The number of amides is 1. The van der Waals surface area contributed by atoms with Crippen molar-refractivity contribution >= 4 is 23.6 Å². The Hall–Kier alpha value is -1.73. The molecule has 1 fully saturated rings. The summed E-state index contributed by atoms with van der Waals surface area (Å²) >= 11 is 1.86. The van der Waals surface area contributed by atoms with Crippen molar-refractivity contribution in [3.05, 3.63) is 30.3 Å². The molecule has 0 aromatic heterocycles. The van der Waals surface area contributed by atoms with Gasteiger partial charge in [0.25, 0.3) is 0 Å². The molecule has 1 heterocycles. The molecule has 6 nitrogen and oxygen atoms in total. The highest BCUT2D eigenvalue weighted by Crippen LogP contribution is 2.21. The number of carbonyl (C=O) groups excluding carboxylic acids is 1. The summed E-state index contributed by atoms with van der Waals surface area (Å²) in [6.07, 6.45) is 3.00. The lowest BCUT2D eigenvalue weighted by molar-refractivity contribution is -0.123. The fourth-order valence-electron chi connectivity index (χ4n) is 3.23. The second-order valence-electron chi connectivity index (χ2n) is 7.02. The first-order valence-corrected chi connectivity index (χ1v) is 10.6. The van der Waals surface area contributed by atoms with E-state index in [0.717, 1.165) is 57.9 Å². The average molecular weight is 392 g/mol. The predicted octanol–water partition coefficient (Wildman–Crippen LogP) is 1.92. The number of aliphatic imine (C=N–C) groups is 1. The summed E-state index contributed by atoms with van der Waals surface area (Å²) in [6.45, 7) is 6.77. The smallest absolute Gasteiger partial charge is 0.221 e. The molecule has 0 aliphatic carbocycles. The van der Waals surface area contributed by atoms with Crippen molar-refractivity contribution in [1.29, 1.82) is 0 Å². The number of benzene rings is 1. The van der Waals surface area contributed by atoms with Gasteiger partial charge < -0.3 is 21.3 Å². The third kappa shape index (κ3) is 8.22. The Balaban J connectivity index is 1.60. The van der Waals surface area contributed by atoms with Gasteiger partial charge in [-0.25, -0.2) is 0 Å². The van der Waals surface area contributed by atoms with E-state index in [0.29, 0.717) is 5.25 Å². The second-order valence-corrected chi connectivity index (χ2v) is 8.53. The molecular formula is C20H33N5OS. The van der Waals surface area contributed by atoms with Crippen molar-refractivity contribution in [3.63, 3.8) is 0 Å². The molecule has 0 spiro atoms. The molecule has 1 amide bonds. The largest absolute Gasteiger partial charge is 0.369 e. The van der Waals surface area contributed by atoms with E-state index >= 15 is 0 Å². The Bertz CT molecular complexity index is 595. The zero-order valence-corrected chi connectivity index (χ0v) is 17.3. The number of primary amides is 1. The number of rotatable bonds is 9. The zero-order chi connectivity index (χ0) is 19.5. The van der Waals surface area contributed by atoms with Crippen molar-refractivity contribution in [1.82, 2.24) is 15.5 Å². The fourth-order valence-corrected chi connectivity index (χ4v) is 4.18.